The summed E-state index contributed by atoms with van der Waals surface area (Å²) in [6.45, 7) is 13.2. The predicted molar refractivity (Wildman–Crippen MR) is 400 cm³/mol. The molecule has 3 N–H and O–H groups in total. The molecular weight excluding hydrogens is 1340 g/mol. The predicted octanol–water partition coefficient (Wildman–Crippen LogP) is 14.5. The number of aromatic nitrogens is 12. The van der Waals surface area contributed by atoms with Crippen LogP contribution in [0.15, 0.2) is 265 Å². The van der Waals surface area contributed by atoms with Crippen molar-refractivity contribution in [3.8, 4) is 34.1 Å². The van der Waals surface area contributed by atoms with Gasteiger partial charge in [-0.25, -0.2) is 29.0 Å². The third-order valence-electron chi connectivity index (χ3n) is 17.6. The van der Waals surface area contributed by atoms with E-state index < -0.39 is 40.7 Å². The fraction of sp³-hybridized carbons (Fsp3) is 0.136. The maximum Gasteiger partial charge on any atom is 0.417 e. The molecule has 0 aliphatic heterocycles. The molecule has 9 aromatic heterocycles. The minimum absolute atomic E-state index is 0. The number of para-hydroxylation sites is 3. The van der Waals surface area contributed by atoms with Crippen LogP contribution in [0.1, 0.15) is 107 Å². The fourth-order valence-corrected chi connectivity index (χ4v) is 12.7. The van der Waals surface area contributed by atoms with Crippen molar-refractivity contribution >= 4 is 61.1 Å². The van der Waals surface area contributed by atoms with Crippen LogP contribution >= 0.6 is 0 Å². The Labute approximate surface area is 599 Å². The Hall–Kier alpha value is -13.5. The summed E-state index contributed by atoms with van der Waals surface area (Å²) in [5.74, 6) is -0.309. The Morgan fingerprint density at radius 1 is 0.505 bits per heavy atom. The number of methoxy groups -OCH3 is 1. The molecule has 105 heavy (non-hydrogen) atoms. The van der Waals surface area contributed by atoms with E-state index in [1.807, 2.05) is 147 Å². The number of alkyl halides is 3. The lowest BCUT2D eigenvalue weighted by molar-refractivity contribution is -0.136. The lowest BCUT2D eigenvalue weighted by Gasteiger charge is -2.23. The standard InChI is InChI=1S/C31H26N6O2.C25H21N5O2.C24H19F3N4O2.CH4/c1-20(26-19-34-36-16-8-14-33-30(26)36)35-21(2)27-17-23-9-7-12-25(22-13-15-32-28(18-22)39-3)29(23)31(38)37(27)24-10-5-4-6-11-24;1-16(27-24(31)22-17(2)28-29-14-8-13-26-23(22)29)21-15-18-9-6-7-12-20(18)25(32)30(21)19-10-4-3-5-11-19;1-14(30-22(32)21-15(2)28-11-12-29-21)19-13-16-7-6-10-18(24(25,26)27)20(16)23(33)31(19)17-8-4-3-5-9-17;/h4-19,21,35H,1H2,2-3H3;3-16H,1-2H3,(H,27,31);3-14H,1-2H3,(H,30,32);1H4/t21-;16-;14-;/m000./s1. The molecule has 3 atom stereocenters. The van der Waals surface area contributed by atoms with Crippen molar-refractivity contribution in [1.82, 2.24) is 73.8 Å². The monoisotopic (exact) mass is 1410 g/mol. The Morgan fingerprint density at radius 2 is 1.02 bits per heavy atom. The molecule has 0 spiro atoms. The molecule has 526 valence electrons. The second-order valence-corrected chi connectivity index (χ2v) is 24.4. The zero-order chi connectivity index (χ0) is 72.9. The molecule has 0 aliphatic carbocycles. The van der Waals surface area contributed by atoms with Crippen LogP contribution in [0, 0.1) is 13.8 Å². The third-order valence-corrected chi connectivity index (χ3v) is 17.6. The van der Waals surface area contributed by atoms with E-state index in [0.29, 0.717) is 67.7 Å². The molecule has 0 saturated carbocycles. The molecule has 0 saturated heterocycles. The average molecular weight is 1410 g/mol. The highest BCUT2D eigenvalue weighted by atomic mass is 19.4. The van der Waals surface area contributed by atoms with Crippen molar-refractivity contribution < 1.29 is 27.5 Å². The summed E-state index contributed by atoms with van der Waals surface area (Å²) in [6.07, 6.45) is 8.54. The summed E-state index contributed by atoms with van der Waals surface area (Å²) in [7, 11) is 1.58. The van der Waals surface area contributed by atoms with Crippen LogP contribution in [0.25, 0.3) is 77.5 Å². The average Bonchev–Trinajstić information content (AvgIpc) is 1.40. The number of pyridine rings is 4. The number of aryl methyl sites for hydroxylation is 2. The van der Waals surface area contributed by atoms with E-state index in [9.17, 15) is 37.1 Å². The second-order valence-electron chi connectivity index (χ2n) is 24.4. The number of benzene rings is 6. The summed E-state index contributed by atoms with van der Waals surface area (Å²) >= 11 is 0. The van der Waals surface area contributed by atoms with Gasteiger partial charge in [-0.2, -0.15) is 23.4 Å². The first kappa shape index (κ1) is 71.3. The van der Waals surface area contributed by atoms with Crippen LogP contribution in [0.3, 0.4) is 0 Å². The van der Waals surface area contributed by atoms with Crippen molar-refractivity contribution in [2.24, 2.45) is 0 Å². The Kier molecular flexibility index (Phi) is 20.6. The first-order chi connectivity index (χ1) is 50.3. The van der Waals surface area contributed by atoms with Gasteiger partial charge >= 0.3 is 6.18 Å². The van der Waals surface area contributed by atoms with E-state index in [1.54, 1.807) is 113 Å². The maximum absolute atomic E-state index is 14.3. The van der Waals surface area contributed by atoms with Gasteiger partial charge in [-0.1, -0.05) is 117 Å². The first-order valence-corrected chi connectivity index (χ1v) is 33.0. The lowest BCUT2D eigenvalue weighted by atomic mass is 9.98. The van der Waals surface area contributed by atoms with Gasteiger partial charge < -0.3 is 20.7 Å². The van der Waals surface area contributed by atoms with Crippen LogP contribution in [-0.2, 0) is 6.18 Å². The Bertz CT molecular complexity index is 5960. The van der Waals surface area contributed by atoms with Crippen molar-refractivity contribution in [2.75, 3.05) is 7.11 Å². The molecule has 21 nitrogen and oxygen atoms in total. The van der Waals surface area contributed by atoms with E-state index in [2.05, 4.69) is 63.7 Å². The van der Waals surface area contributed by atoms with E-state index in [4.69, 9.17) is 4.74 Å². The maximum atomic E-state index is 14.3. The van der Waals surface area contributed by atoms with Gasteiger partial charge in [0.05, 0.1) is 64.7 Å². The normalized spacial score (nSPS) is 12.1. The van der Waals surface area contributed by atoms with E-state index in [0.717, 1.165) is 50.6 Å². The zero-order valence-corrected chi connectivity index (χ0v) is 57.0. The Morgan fingerprint density at radius 3 is 1.63 bits per heavy atom. The summed E-state index contributed by atoms with van der Waals surface area (Å²) in [6, 6.07) is 55.8. The largest absolute Gasteiger partial charge is 0.481 e. The van der Waals surface area contributed by atoms with Gasteiger partial charge in [0.15, 0.2) is 11.3 Å². The molecule has 6 aromatic carbocycles. The quantitative estimate of drug-likeness (QED) is 0.0864. The van der Waals surface area contributed by atoms with Gasteiger partial charge in [-0.05, 0) is 147 Å². The van der Waals surface area contributed by atoms with Gasteiger partial charge in [0.2, 0.25) is 5.88 Å². The number of carbonyl (C=O) groups is 2. The highest BCUT2D eigenvalue weighted by Crippen LogP contribution is 2.36. The summed E-state index contributed by atoms with van der Waals surface area (Å²) in [5, 5.41) is 20.7. The molecule has 0 unspecified atom stereocenters. The van der Waals surface area contributed by atoms with Gasteiger partial charge in [-0.15, -0.1) is 0 Å². The molecule has 0 fully saturated rings. The molecule has 0 aliphatic rings. The summed E-state index contributed by atoms with van der Waals surface area (Å²) in [5.41, 5.74) is 7.56. The number of nitrogens with one attached hydrogen (secondary N) is 3. The molecule has 24 heteroatoms. The van der Waals surface area contributed by atoms with Crippen molar-refractivity contribution in [3.63, 3.8) is 0 Å². The van der Waals surface area contributed by atoms with Crippen LogP contribution in [0.4, 0.5) is 13.2 Å². The SMILES string of the molecule is C.C=C(N[C@@H](C)c1cc2cccc(-c3ccnc(OC)c3)c2c(=O)n1-c1ccccc1)c1cnn2cccnc12.Cc1nccnc1C(=O)N[C@@H](C)c1cc2cccc(C(F)(F)F)c2c(=O)n1-c1ccccc1.Cc1nn2cccnc2c1C(=O)N[C@@H](C)c1cc2ccccc2c(=O)n1-c1ccccc1. The van der Waals surface area contributed by atoms with Gasteiger partial charge in [0, 0.05) is 94.7 Å². The molecule has 0 bridgehead atoms. The highest BCUT2D eigenvalue weighted by molar-refractivity contribution is 6.01. The van der Waals surface area contributed by atoms with Crippen LogP contribution in [0.2, 0.25) is 0 Å². The second kappa shape index (κ2) is 30.4. The number of carbonyl (C=O) groups excluding carboxylic acids is 2. The number of amides is 2. The molecule has 9 heterocycles. The van der Waals surface area contributed by atoms with Crippen molar-refractivity contribution in [2.45, 2.75) is 66.3 Å². The third kappa shape index (κ3) is 14.4. The zero-order valence-electron chi connectivity index (χ0n) is 57.0. The lowest BCUT2D eigenvalue weighted by Crippen LogP contribution is -2.33. The number of fused-ring (bicyclic) bond motifs is 5. The van der Waals surface area contributed by atoms with Crippen molar-refractivity contribution in [1.29, 1.82) is 0 Å². The van der Waals surface area contributed by atoms with E-state index in [-0.39, 0.29) is 41.6 Å². The van der Waals surface area contributed by atoms with E-state index >= 15 is 0 Å². The molecule has 15 rings (SSSR count). The van der Waals surface area contributed by atoms with Gasteiger partial charge in [0.1, 0.15) is 11.3 Å². The molecule has 2 amide bonds. The highest BCUT2D eigenvalue weighted by Gasteiger charge is 2.35. The summed E-state index contributed by atoms with van der Waals surface area (Å²) < 4.78 is 54.3. The fourth-order valence-electron chi connectivity index (χ4n) is 12.7. The van der Waals surface area contributed by atoms with Crippen LogP contribution in [0.5, 0.6) is 5.88 Å². The minimum Gasteiger partial charge on any atom is -0.481 e. The number of rotatable bonds is 15. The number of nitrogens with zero attached hydrogens (tertiary/aromatic N) is 12. The Balaban J connectivity index is 0.000000148. The van der Waals surface area contributed by atoms with E-state index in [1.165, 1.54) is 35.2 Å². The topological polar surface area (TPSA) is 245 Å². The molecular formula is C81H70F3N15O6. The minimum atomic E-state index is -4.70. The summed E-state index contributed by atoms with van der Waals surface area (Å²) in [4.78, 5) is 88.3. The number of hydrogen-bond acceptors (Lipinski definition) is 14. The molecule has 15 aromatic rings. The van der Waals surface area contributed by atoms with Crippen molar-refractivity contribution in [3.05, 3.63) is 332 Å². The first-order valence-electron chi connectivity index (χ1n) is 33.0. The van der Waals surface area contributed by atoms with Gasteiger partial charge in [-0.3, -0.25) is 42.7 Å². The van der Waals surface area contributed by atoms with Crippen LogP contribution < -0.4 is 37.4 Å². The van der Waals surface area contributed by atoms with Gasteiger partial charge in [0.25, 0.3) is 28.5 Å². The number of ether oxygens (including phenoxy) is 1. The molecule has 0 radical (unpaired) electrons. The number of hydrogen-bond donors (Lipinski definition) is 3. The number of halogens is 3. The van der Waals surface area contributed by atoms with Crippen LogP contribution in [-0.4, -0.2) is 76.8 Å². The smallest absolute Gasteiger partial charge is 0.417 e.